The first-order valence-corrected chi connectivity index (χ1v) is 3.05. The summed E-state index contributed by atoms with van der Waals surface area (Å²) in [5.74, 6) is 1.04. The Hall–Kier alpha value is 0.0900. The van der Waals surface area contributed by atoms with Crippen LogP contribution in [-0.2, 0) is 0 Å². The van der Waals surface area contributed by atoms with Crippen LogP contribution in [0.25, 0.3) is 0 Å². The predicted molar refractivity (Wildman–Crippen MR) is 32.6 cm³/mol. The van der Waals surface area contributed by atoms with Crippen LogP contribution in [0.2, 0.25) is 0 Å². The molecule has 0 fully saturated rings. The molecule has 1 heteroatoms. The minimum atomic E-state index is 1.04. The second-order valence-electron chi connectivity index (χ2n) is 0.940. The third-order valence-electron chi connectivity index (χ3n) is 0.450. The SMILES string of the molecule is [CH2]SC/C=C/C. The van der Waals surface area contributed by atoms with E-state index >= 15 is 0 Å². The number of hydrogen-bond donors (Lipinski definition) is 0. The summed E-state index contributed by atoms with van der Waals surface area (Å²) in [6.45, 7) is 2.01. The van der Waals surface area contributed by atoms with E-state index in [2.05, 4.69) is 12.3 Å². The van der Waals surface area contributed by atoms with Crippen molar-refractivity contribution in [3.8, 4) is 0 Å². The van der Waals surface area contributed by atoms with E-state index in [4.69, 9.17) is 0 Å². The number of allylic oxidation sites excluding steroid dienone is 1. The highest BCUT2D eigenvalue weighted by Gasteiger charge is 1.64. The Kier molecular flexibility index (Phi) is 5.17. The third kappa shape index (κ3) is 4.09. The lowest BCUT2D eigenvalue weighted by atomic mass is 10.6. The molecule has 0 aliphatic rings. The maximum atomic E-state index is 3.59. The van der Waals surface area contributed by atoms with E-state index in [1.54, 1.807) is 11.8 Å². The molecule has 35 valence electrons. The zero-order chi connectivity index (χ0) is 4.83. The third-order valence-corrected chi connectivity index (χ3v) is 0.878. The maximum absolute atomic E-state index is 3.59. The van der Waals surface area contributed by atoms with Crippen LogP contribution in [-0.4, -0.2) is 5.75 Å². The largest absolute Gasteiger partial charge is 0.157 e. The molecule has 0 saturated carbocycles. The second-order valence-corrected chi connectivity index (χ2v) is 1.68. The molecule has 0 aromatic heterocycles. The normalized spacial score (nSPS) is 10.3. The predicted octanol–water partition coefficient (Wildman–Crippen LogP) is 2.09. The fourth-order valence-corrected chi connectivity index (χ4v) is 0.493. The van der Waals surface area contributed by atoms with Gasteiger partial charge in [0.15, 0.2) is 0 Å². The first kappa shape index (κ1) is 6.09. The molecule has 0 bridgehead atoms. The van der Waals surface area contributed by atoms with Crippen LogP contribution < -0.4 is 0 Å². The second kappa shape index (κ2) is 5.09. The number of hydrogen-bond acceptors (Lipinski definition) is 1. The molecule has 0 saturated heterocycles. The van der Waals surface area contributed by atoms with Crippen molar-refractivity contribution in [3.05, 3.63) is 18.4 Å². The molecule has 1 radical (unpaired) electrons. The average Bonchev–Trinajstić information content (AvgIpc) is 1.61. The highest BCUT2D eigenvalue weighted by Crippen LogP contribution is 1.92. The molecule has 0 amide bonds. The summed E-state index contributed by atoms with van der Waals surface area (Å²) in [4.78, 5) is 0. The van der Waals surface area contributed by atoms with Crippen molar-refractivity contribution in [1.29, 1.82) is 0 Å². The molecule has 0 aliphatic carbocycles. The first-order valence-electron chi connectivity index (χ1n) is 1.90. The van der Waals surface area contributed by atoms with Crippen molar-refractivity contribution in [1.82, 2.24) is 0 Å². The molecule has 0 atom stereocenters. The molecule has 0 heterocycles. The zero-order valence-corrected chi connectivity index (χ0v) is 4.79. The van der Waals surface area contributed by atoms with Gasteiger partial charge in [-0.1, -0.05) is 12.2 Å². The van der Waals surface area contributed by atoms with Crippen LogP contribution in [0.5, 0.6) is 0 Å². The molecule has 0 aliphatic heterocycles. The van der Waals surface area contributed by atoms with Crippen molar-refractivity contribution >= 4 is 11.8 Å². The summed E-state index contributed by atoms with van der Waals surface area (Å²) in [6, 6.07) is 0. The van der Waals surface area contributed by atoms with Gasteiger partial charge in [0.05, 0.1) is 0 Å². The molecular formula is C5H9S. The van der Waals surface area contributed by atoms with Crippen LogP contribution in [0.1, 0.15) is 6.92 Å². The molecule has 0 aromatic carbocycles. The number of thioether (sulfide) groups is 1. The fraction of sp³-hybridized carbons (Fsp3) is 0.400. The van der Waals surface area contributed by atoms with E-state index < -0.39 is 0 Å². The van der Waals surface area contributed by atoms with Gasteiger partial charge in [-0.3, -0.25) is 0 Å². The van der Waals surface area contributed by atoms with Crippen LogP contribution >= 0.6 is 11.8 Å². The van der Waals surface area contributed by atoms with E-state index in [0.29, 0.717) is 0 Å². The van der Waals surface area contributed by atoms with Gasteiger partial charge in [-0.05, 0) is 6.92 Å². The lowest BCUT2D eigenvalue weighted by molar-refractivity contribution is 1.66. The van der Waals surface area contributed by atoms with Gasteiger partial charge in [-0.15, -0.1) is 0 Å². The zero-order valence-electron chi connectivity index (χ0n) is 3.98. The van der Waals surface area contributed by atoms with Gasteiger partial charge in [0.25, 0.3) is 0 Å². The van der Waals surface area contributed by atoms with Crippen LogP contribution in [0.3, 0.4) is 0 Å². The summed E-state index contributed by atoms with van der Waals surface area (Å²) in [5.41, 5.74) is 0. The van der Waals surface area contributed by atoms with Crippen molar-refractivity contribution in [2.45, 2.75) is 6.92 Å². The minimum absolute atomic E-state index is 1.04. The smallest absolute Gasteiger partial charge is 0.0113 e. The van der Waals surface area contributed by atoms with Gasteiger partial charge >= 0.3 is 0 Å². The van der Waals surface area contributed by atoms with Crippen LogP contribution in [0.15, 0.2) is 12.2 Å². The molecule has 6 heavy (non-hydrogen) atoms. The molecule has 0 nitrogen and oxygen atoms in total. The van der Waals surface area contributed by atoms with E-state index in [0.717, 1.165) is 5.75 Å². The van der Waals surface area contributed by atoms with Crippen LogP contribution in [0, 0.1) is 6.26 Å². The Morgan fingerprint density at radius 3 is 2.67 bits per heavy atom. The Morgan fingerprint density at radius 1 is 1.83 bits per heavy atom. The summed E-state index contributed by atoms with van der Waals surface area (Å²) >= 11 is 1.59. The molecular weight excluding hydrogens is 92.1 g/mol. The summed E-state index contributed by atoms with van der Waals surface area (Å²) in [7, 11) is 0. The molecule has 0 N–H and O–H groups in total. The minimum Gasteiger partial charge on any atom is -0.157 e. The van der Waals surface area contributed by atoms with Crippen molar-refractivity contribution in [2.75, 3.05) is 5.75 Å². The van der Waals surface area contributed by atoms with Crippen molar-refractivity contribution < 1.29 is 0 Å². The average molecular weight is 101 g/mol. The van der Waals surface area contributed by atoms with E-state index in [1.165, 1.54) is 0 Å². The monoisotopic (exact) mass is 101 g/mol. The Morgan fingerprint density at radius 2 is 2.50 bits per heavy atom. The highest BCUT2D eigenvalue weighted by molar-refractivity contribution is 8.00. The summed E-state index contributed by atoms with van der Waals surface area (Å²) < 4.78 is 0. The maximum Gasteiger partial charge on any atom is 0.0113 e. The molecule has 0 spiro atoms. The molecule has 0 rings (SSSR count). The van der Waals surface area contributed by atoms with E-state index in [1.807, 2.05) is 13.0 Å². The Labute approximate surface area is 43.6 Å². The van der Waals surface area contributed by atoms with Crippen LogP contribution in [0.4, 0.5) is 0 Å². The molecule has 0 aromatic rings. The Bertz CT molecular complexity index is 39.2. The lowest BCUT2D eigenvalue weighted by Crippen LogP contribution is -1.58. The van der Waals surface area contributed by atoms with Gasteiger partial charge in [0.1, 0.15) is 0 Å². The topological polar surface area (TPSA) is 0 Å². The van der Waals surface area contributed by atoms with Gasteiger partial charge in [-0.2, -0.15) is 11.8 Å². The van der Waals surface area contributed by atoms with Gasteiger partial charge in [-0.25, -0.2) is 0 Å². The number of rotatable bonds is 2. The standard InChI is InChI=1S/C5H9S/c1-3-4-5-6-2/h3-4H,2,5H2,1H3/b4-3+. The Balaban J connectivity index is 2.66. The van der Waals surface area contributed by atoms with E-state index in [-0.39, 0.29) is 0 Å². The first-order chi connectivity index (χ1) is 2.91. The van der Waals surface area contributed by atoms with Gasteiger partial charge in [0, 0.05) is 12.0 Å². The van der Waals surface area contributed by atoms with Crippen molar-refractivity contribution in [3.63, 3.8) is 0 Å². The molecule has 0 unspecified atom stereocenters. The summed E-state index contributed by atoms with van der Waals surface area (Å²) in [5, 5.41) is 0. The lowest BCUT2D eigenvalue weighted by Gasteiger charge is -1.76. The summed E-state index contributed by atoms with van der Waals surface area (Å²) in [6.07, 6.45) is 7.70. The highest BCUT2D eigenvalue weighted by atomic mass is 32.2. The quantitative estimate of drug-likeness (QED) is 0.480. The van der Waals surface area contributed by atoms with Gasteiger partial charge < -0.3 is 0 Å². The van der Waals surface area contributed by atoms with Crippen molar-refractivity contribution in [2.24, 2.45) is 0 Å². The van der Waals surface area contributed by atoms with Gasteiger partial charge in [0.2, 0.25) is 0 Å². The van der Waals surface area contributed by atoms with E-state index in [9.17, 15) is 0 Å². The fourth-order valence-electron chi connectivity index (χ4n) is 0.164.